The predicted octanol–water partition coefficient (Wildman–Crippen LogP) is 2.51. The minimum Gasteiger partial charge on any atom is -0.497 e. The number of carbonyl (C=O) groups excluding carboxylic acids is 2. The highest BCUT2D eigenvalue weighted by Crippen LogP contribution is 2.29. The molecule has 2 N–H and O–H groups in total. The second-order valence-electron chi connectivity index (χ2n) is 6.50. The maximum atomic E-state index is 12.6. The van der Waals surface area contributed by atoms with Crippen LogP contribution in [0.4, 0.5) is 17.1 Å². The van der Waals surface area contributed by atoms with Crippen molar-refractivity contribution in [3.8, 4) is 11.5 Å². The van der Waals surface area contributed by atoms with Crippen molar-refractivity contribution in [2.75, 3.05) is 38.4 Å². The molecule has 0 bridgehead atoms. The standard InChI is InChI=1S/C20H24N4O6/c1-13(20(26)22-17-9-8-16(30-4)11-18(17)24(27)28)23(2)12-19(25)21-14-6-5-7-15(10-14)29-3/h5-11,13H,12H2,1-4H3,(H,21,25)(H,22,26). The Bertz CT molecular complexity index is 933. The lowest BCUT2D eigenvalue weighted by atomic mass is 10.2. The molecule has 2 aromatic carbocycles. The van der Waals surface area contributed by atoms with E-state index in [9.17, 15) is 19.7 Å². The first-order valence-electron chi connectivity index (χ1n) is 9.02. The van der Waals surface area contributed by atoms with E-state index in [-0.39, 0.29) is 23.8 Å². The summed E-state index contributed by atoms with van der Waals surface area (Å²) in [5, 5.41) is 16.5. The zero-order valence-electron chi connectivity index (χ0n) is 17.2. The number of methoxy groups -OCH3 is 2. The molecule has 0 aliphatic rings. The highest BCUT2D eigenvalue weighted by molar-refractivity contribution is 5.97. The Kier molecular flexibility index (Phi) is 7.70. The van der Waals surface area contributed by atoms with Gasteiger partial charge in [-0.25, -0.2) is 0 Å². The molecule has 0 aromatic heterocycles. The van der Waals surface area contributed by atoms with Gasteiger partial charge in [-0.1, -0.05) is 6.07 Å². The summed E-state index contributed by atoms with van der Waals surface area (Å²) < 4.78 is 10.1. The Hall–Kier alpha value is -3.66. The van der Waals surface area contributed by atoms with Gasteiger partial charge in [0, 0.05) is 11.8 Å². The molecule has 0 aliphatic carbocycles. The van der Waals surface area contributed by atoms with Crippen molar-refractivity contribution in [3.05, 3.63) is 52.6 Å². The molecule has 0 heterocycles. The van der Waals surface area contributed by atoms with Crippen LogP contribution >= 0.6 is 0 Å². The lowest BCUT2D eigenvalue weighted by Gasteiger charge is -2.23. The number of nitrogens with one attached hydrogen (secondary N) is 2. The summed E-state index contributed by atoms with van der Waals surface area (Å²) >= 11 is 0. The topological polar surface area (TPSA) is 123 Å². The maximum Gasteiger partial charge on any atom is 0.296 e. The van der Waals surface area contributed by atoms with Gasteiger partial charge in [-0.2, -0.15) is 0 Å². The van der Waals surface area contributed by atoms with Crippen LogP contribution in [0.3, 0.4) is 0 Å². The third kappa shape index (κ3) is 5.92. The number of anilines is 2. The first-order valence-corrected chi connectivity index (χ1v) is 9.02. The third-order valence-electron chi connectivity index (χ3n) is 4.45. The molecule has 0 saturated heterocycles. The van der Waals surface area contributed by atoms with E-state index in [2.05, 4.69) is 10.6 Å². The van der Waals surface area contributed by atoms with Gasteiger partial charge in [0.15, 0.2) is 0 Å². The van der Waals surface area contributed by atoms with Crippen LogP contribution in [0.1, 0.15) is 6.92 Å². The van der Waals surface area contributed by atoms with E-state index in [4.69, 9.17) is 9.47 Å². The van der Waals surface area contributed by atoms with Crippen molar-refractivity contribution < 1.29 is 24.0 Å². The number of carbonyl (C=O) groups is 2. The lowest BCUT2D eigenvalue weighted by molar-refractivity contribution is -0.384. The Morgan fingerprint density at radius 1 is 1.10 bits per heavy atom. The van der Waals surface area contributed by atoms with E-state index in [1.165, 1.54) is 37.3 Å². The number of hydrogen-bond donors (Lipinski definition) is 2. The monoisotopic (exact) mass is 416 g/mol. The molecule has 0 radical (unpaired) electrons. The van der Waals surface area contributed by atoms with Gasteiger partial charge >= 0.3 is 0 Å². The van der Waals surface area contributed by atoms with Gasteiger partial charge in [-0.15, -0.1) is 0 Å². The number of rotatable bonds is 9. The van der Waals surface area contributed by atoms with Crippen molar-refractivity contribution in [3.63, 3.8) is 0 Å². The van der Waals surface area contributed by atoms with Crippen LogP contribution in [0.15, 0.2) is 42.5 Å². The van der Waals surface area contributed by atoms with E-state index in [0.29, 0.717) is 17.2 Å². The van der Waals surface area contributed by atoms with Gasteiger partial charge < -0.3 is 20.1 Å². The average molecular weight is 416 g/mol. The van der Waals surface area contributed by atoms with Gasteiger partial charge in [-0.3, -0.25) is 24.6 Å². The molecule has 30 heavy (non-hydrogen) atoms. The highest BCUT2D eigenvalue weighted by Gasteiger charge is 2.23. The van der Waals surface area contributed by atoms with E-state index < -0.39 is 16.9 Å². The Morgan fingerprint density at radius 3 is 2.40 bits per heavy atom. The molecule has 0 fully saturated rings. The predicted molar refractivity (Wildman–Crippen MR) is 112 cm³/mol. The molecular weight excluding hydrogens is 392 g/mol. The molecular formula is C20H24N4O6. The van der Waals surface area contributed by atoms with E-state index >= 15 is 0 Å². The molecule has 2 amide bonds. The lowest BCUT2D eigenvalue weighted by Crippen LogP contribution is -2.43. The molecule has 0 saturated carbocycles. The van der Waals surface area contributed by atoms with Gasteiger partial charge in [0.2, 0.25) is 11.8 Å². The first kappa shape index (κ1) is 22.6. The second kappa shape index (κ2) is 10.2. The number of ether oxygens (including phenoxy) is 2. The Labute approximate surface area is 173 Å². The quantitative estimate of drug-likeness (QED) is 0.475. The number of hydrogen-bond acceptors (Lipinski definition) is 7. The van der Waals surface area contributed by atoms with Crippen molar-refractivity contribution in [2.24, 2.45) is 0 Å². The summed E-state index contributed by atoms with van der Waals surface area (Å²) in [6, 6.07) is 10.3. The third-order valence-corrected chi connectivity index (χ3v) is 4.45. The van der Waals surface area contributed by atoms with Crippen molar-refractivity contribution in [1.82, 2.24) is 4.90 Å². The van der Waals surface area contributed by atoms with Crippen molar-refractivity contribution in [1.29, 1.82) is 0 Å². The first-order chi connectivity index (χ1) is 14.2. The summed E-state index contributed by atoms with van der Waals surface area (Å²) in [7, 11) is 4.53. The second-order valence-corrected chi connectivity index (χ2v) is 6.50. The Morgan fingerprint density at radius 2 is 1.77 bits per heavy atom. The summed E-state index contributed by atoms with van der Waals surface area (Å²) in [5.41, 5.74) is 0.332. The molecule has 2 aromatic rings. The van der Waals surface area contributed by atoms with Crippen LogP contribution in [0, 0.1) is 10.1 Å². The highest BCUT2D eigenvalue weighted by atomic mass is 16.6. The van der Waals surface area contributed by atoms with Crippen molar-refractivity contribution in [2.45, 2.75) is 13.0 Å². The van der Waals surface area contributed by atoms with Crippen LogP contribution in [-0.4, -0.2) is 55.5 Å². The normalized spacial score (nSPS) is 11.5. The summed E-state index contributed by atoms with van der Waals surface area (Å²) in [6.07, 6.45) is 0. The fourth-order valence-corrected chi connectivity index (χ4v) is 2.60. The SMILES string of the molecule is COc1cccc(NC(=O)CN(C)C(C)C(=O)Nc2ccc(OC)cc2[N+](=O)[O-])c1. The van der Waals surface area contributed by atoms with Crippen LogP contribution in [0.5, 0.6) is 11.5 Å². The molecule has 160 valence electrons. The smallest absolute Gasteiger partial charge is 0.296 e. The molecule has 10 heteroatoms. The van der Waals surface area contributed by atoms with Gasteiger partial charge in [0.1, 0.15) is 17.2 Å². The number of benzene rings is 2. The number of nitro groups is 1. The molecule has 0 aliphatic heterocycles. The van der Waals surface area contributed by atoms with Crippen LogP contribution < -0.4 is 20.1 Å². The fraction of sp³-hybridized carbons (Fsp3) is 0.300. The Balaban J connectivity index is 2.00. The molecule has 0 spiro atoms. The van der Waals surface area contributed by atoms with Gasteiger partial charge in [0.25, 0.3) is 5.69 Å². The maximum absolute atomic E-state index is 12.6. The van der Waals surface area contributed by atoms with Crippen LogP contribution in [0.2, 0.25) is 0 Å². The minimum absolute atomic E-state index is 0.0480. The molecule has 10 nitrogen and oxygen atoms in total. The molecule has 1 unspecified atom stereocenters. The van der Waals surface area contributed by atoms with Gasteiger partial charge in [-0.05, 0) is 38.2 Å². The number of nitro benzene ring substituents is 1. The molecule has 1 atom stereocenters. The summed E-state index contributed by atoms with van der Waals surface area (Å²) in [5.74, 6) is 0.106. The van der Waals surface area contributed by atoms with E-state index in [1.807, 2.05) is 0 Å². The molecule has 2 rings (SSSR count). The van der Waals surface area contributed by atoms with Crippen molar-refractivity contribution >= 4 is 28.9 Å². The van der Waals surface area contributed by atoms with E-state index in [0.717, 1.165) is 0 Å². The van der Waals surface area contributed by atoms with Crippen LogP contribution in [-0.2, 0) is 9.59 Å². The minimum atomic E-state index is -0.720. The van der Waals surface area contributed by atoms with Gasteiger partial charge in [0.05, 0.1) is 37.8 Å². The number of nitrogens with zero attached hydrogens (tertiary/aromatic N) is 2. The van der Waals surface area contributed by atoms with Crippen LogP contribution in [0.25, 0.3) is 0 Å². The average Bonchev–Trinajstić information content (AvgIpc) is 2.73. The largest absolute Gasteiger partial charge is 0.497 e. The fourth-order valence-electron chi connectivity index (χ4n) is 2.60. The number of likely N-dealkylation sites (N-methyl/N-ethyl adjacent to an activating group) is 1. The summed E-state index contributed by atoms with van der Waals surface area (Å²) in [6.45, 7) is 1.54. The zero-order chi connectivity index (χ0) is 22.3. The summed E-state index contributed by atoms with van der Waals surface area (Å²) in [4.78, 5) is 37.0. The number of amides is 2. The zero-order valence-corrected chi connectivity index (χ0v) is 17.2. The van der Waals surface area contributed by atoms with E-state index in [1.54, 1.807) is 38.2 Å².